The number of aromatic nitrogens is 4. The van der Waals surface area contributed by atoms with Crippen LogP contribution in [0, 0.1) is 0 Å². The Balaban J connectivity index is 1.42. The minimum absolute atomic E-state index is 0.0380. The van der Waals surface area contributed by atoms with E-state index in [9.17, 15) is 13.6 Å². The Bertz CT molecular complexity index is 1390. The van der Waals surface area contributed by atoms with E-state index in [0.29, 0.717) is 45.9 Å². The standard InChI is InChI=1S/C22H18F2N6O4/c1-32-15-9-14(10-16(11-15)33-2)27-21-28-20-19(25-5-6-30(20)29-21)26-13-3-4-17-12(7-13)8-18(31)22(23,24)34-17/h3-7,9-11H,8H2,1-2H3,(H,25,26)(H,27,29). The van der Waals surface area contributed by atoms with Crippen LogP contribution in [0.15, 0.2) is 48.8 Å². The molecule has 10 nitrogen and oxygen atoms in total. The molecule has 4 aromatic rings. The quantitative estimate of drug-likeness (QED) is 0.437. The lowest BCUT2D eigenvalue weighted by Crippen LogP contribution is -2.40. The molecular formula is C22H18F2N6O4. The van der Waals surface area contributed by atoms with Gasteiger partial charge in [-0.05, 0) is 18.2 Å². The highest BCUT2D eigenvalue weighted by Crippen LogP contribution is 2.35. The van der Waals surface area contributed by atoms with Crippen LogP contribution in [-0.2, 0) is 11.2 Å². The molecule has 3 heterocycles. The highest BCUT2D eigenvalue weighted by Gasteiger charge is 2.45. The number of anilines is 4. The fourth-order valence-corrected chi connectivity index (χ4v) is 3.47. The topological polar surface area (TPSA) is 112 Å². The Morgan fingerprint density at radius 1 is 1.06 bits per heavy atom. The predicted molar refractivity (Wildman–Crippen MR) is 118 cm³/mol. The average molecular weight is 468 g/mol. The molecule has 2 N–H and O–H groups in total. The smallest absolute Gasteiger partial charge is 0.461 e. The second kappa shape index (κ2) is 8.14. The Morgan fingerprint density at radius 2 is 1.82 bits per heavy atom. The number of methoxy groups -OCH3 is 2. The summed E-state index contributed by atoms with van der Waals surface area (Å²) in [5.74, 6) is 0.547. The van der Waals surface area contributed by atoms with Crippen LogP contribution in [0.4, 0.5) is 31.9 Å². The number of ether oxygens (including phenoxy) is 3. The third kappa shape index (κ3) is 4.00. The Labute approximate surface area is 191 Å². The molecule has 0 amide bonds. The lowest BCUT2D eigenvalue weighted by Gasteiger charge is -2.24. The average Bonchev–Trinajstić information content (AvgIpc) is 3.23. The predicted octanol–water partition coefficient (Wildman–Crippen LogP) is 3.73. The van der Waals surface area contributed by atoms with Gasteiger partial charge in [-0.15, -0.1) is 5.10 Å². The van der Waals surface area contributed by atoms with Crippen LogP contribution >= 0.6 is 0 Å². The molecule has 0 bridgehead atoms. The maximum absolute atomic E-state index is 13.5. The largest absolute Gasteiger partial charge is 0.497 e. The molecule has 0 atom stereocenters. The normalized spacial score (nSPS) is 14.3. The number of nitrogens with zero attached hydrogens (tertiary/aromatic N) is 4. The van der Waals surface area contributed by atoms with Gasteiger partial charge in [-0.1, -0.05) is 0 Å². The number of nitrogens with one attached hydrogen (secondary N) is 2. The molecule has 0 saturated heterocycles. The third-order valence-electron chi connectivity index (χ3n) is 5.10. The van der Waals surface area contributed by atoms with Crippen molar-refractivity contribution in [3.8, 4) is 17.2 Å². The SMILES string of the molecule is COc1cc(Nc2nc3c(Nc4ccc5c(c4)CC(=O)C(F)(F)O5)nccn3n2)cc(OC)c1. The molecule has 1 aliphatic heterocycles. The summed E-state index contributed by atoms with van der Waals surface area (Å²) in [4.78, 5) is 20.4. The van der Waals surface area contributed by atoms with E-state index in [1.54, 1.807) is 50.7 Å². The molecule has 5 rings (SSSR count). The van der Waals surface area contributed by atoms with Crippen molar-refractivity contribution in [3.05, 3.63) is 54.4 Å². The first-order valence-corrected chi connectivity index (χ1v) is 10.1. The van der Waals surface area contributed by atoms with Crippen LogP contribution < -0.4 is 24.8 Å². The molecule has 0 unspecified atom stereocenters. The molecule has 0 radical (unpaired) electrons. The van der Waals surface area contributed by atoms with E-state index in [2.05, 4.69) is 30.4 Å². The van der Waals surface area contributed by atoms with Crippen LogP contribution in [0.3, 0.4) is 0 Å². The van der Waals surface area contributed by atoms with Crippen molar-refractivity contribution in [2.24, 2.45) is 0 Å². The molecule has 0 spiro atoms. The number of ketones is 1. The van der Waals surface area contributed by atoms with Gasteiger partial charge in [0.2, 0.25) is 17.4 Å². The summed E-state index contributed by atoms with van der Waals surface area (Å²) in [6.07, 6.45) is -1.08. The van der Waals surface area contributed by atoms with Crippen molar-refractivity contribution in [2.75, 3.05) is 24.9 Å². The molecule has 2 aromatic carbocycles. The van der Waals surface area contributed by atoms with Gasteiger partial charge in [0.15, 0.2) is 5.82 Å². The van der Waals surface area contributed by atoms with Crippen LogP contribution in [0.2, 0.25) is 0 Å². The summed E-state index contributed by atoms with van der Waals surface area (Å²) in [6.45, 7) is 0. The first kappa shape index (κ1) is 21.4. The fraction of sp³-hybridized carbons (Fsp3) is 0.182. The van der Waals surface area contributed by atoms with E-state index < -0.39 is 18.3 Å². The molecular weight excluding hydrogens is 450 g/mol. The van der Waals surface area contributed by atoms with Crippen LogP contribution in [0.1, 0.15) is 5.56 Å². The molecule has 34 heavy (non-hydrogen) atoms. The number of carbonyl (C=O) groups is 1. The Kier molecular flexibility index (Phi) is 5.11. The number of hydrogen-bond acceptors (Lipinski definition) is 9. The second-order valence-electron chi connectivity index (χ2n) is 7.37. The number of alkyl halides is 2. The first-order chi connectivity index (χ1) is 16.3. The Morgan fingerprint density at radius 3 is 2.56 bits per heavy atom. The minimum atomic E-state index is -3.81. The first-order valence-electron chi connectivity index (χ1n) is 10.1. The van der Waals surface area contributed by atoms with Crippen LogP contribution in [0.5, 0.6) is 17.2 Å². The third-order valence-corrected chi connectivity index (χ3v) is 5.10. The number of fused-ring (bicyclic) bond motifs is 2. The zero-order valence-corrected chi connectivity index (χ0v) is 18.0. The summed E-state index contributed by atoms with van der Waals surface area (Å²) in [5.41, 5.74) is 1.95. The number of Topliss-reactive ketones (excluding diaryl/α,β-unsaturated/α-hetero) is 1. The van der Waals surface area contributed by atoms with Crippen molar-refractivity contribution >= 4 is 34.6 Å². The highest BCUT2D eigenvalue weighted by molar-refractivity contribution is 5.89. The zero-order chi connectivity index (χ0) is 23.9. The van der Waals surface area contributed by atoms with E-state index in [-0.39, 0.29) is 5.75 Å². The van der Waals surface area contributed by atoms with Gasteiger partial charge < -0.3 is 24.8 Å². The number of halogens is 2. The van der Waals surface area contributed by atoms with Gasteiger partial charge in [0.25, 0.3) is 0 Å². The molecule has 1 aliphatic rings. The van der Waals surface area contributed by atoms with Crippen molar-refractivity contribution < 1.29 is 27.8 Å². The lowest BCUT2D eigenvalue weighted by atomic mass is 10.0. The maximum Gasteiger partial charge on any atom is 0.461 e. The van der Waals surface area contributed by atoms with Gasteiger partial charge in [0, 0.05) is 54.0 Å². The van der Waals surface area contributed by atoms with Gasteiger partial charge in [-0.25, -0.2) is 9.50 Å². The maximum atomic E-state index is 13.5. The van der Waals surface area contributed by atoms with Gasteiger partial charge in [0.05, 0.1) is 14.2 Å². The molecule has 12 heteroatoms. The highest BCUT2D eigenvalue weighted by atomic mass is 19.3. The van der Waals surface area contributed by atoms with E-state index in [0.717, 1.165) is 0 Å². The van der Waals surface area contributed by atoms with Crippen LogP contribution in [-0.4, -0.2) is 45.7 Å². The van der Waals surface area contributed by atoms with E-state index in [1.807, 2.05) is 0 Å². The second-order valence-corrected chi connectivity index (χ2v) is 7.37. The summed E-state index contributed by atoms with van der Waals surface area (Å²) >= 11 is 0. The molecule has 0 aliphatic carbocycles. The lowest BCUT2D eigenvalue weighted by molar-refractivity contribution is -0.193. The Hall–Kier alpha value is -4.48. The van der Waals surface area contributed by atoms with E-state index in [1.165, 1.54) is 16.8 Å². The minimum Gasteiger partial charge on any atom is -0.497 e. The molecule has 2 aromatic heterocycles. The number of rotatable bonds is 6. The van der Waals surface area contributed by atoms with Crippen molar-refractivity contribution in [1.82, 2.24) is 19.6 Å². The summed E-state index contributed by atoms with van der Waals surface area (Å²) in [6, 6.07) is 9.77. The number of benzene rings is 2. The van der Waals surface area contributed by atoms with Gasteiger partial charge >= 0.3 is 6.11 Å². The summed E-state index contributed by atoms with van der Waals surface area (Å²) in [7, 11) is 3.11. The van der Waals surface area contributed by atoms with Gasteiger partial charge in [-0.2, -0.15) is 13.8 Å². The molecule has 0 saturated carbocycles. The van der Waals surface area contributed by atoms with Gasteiger partial charge in [-0.3, -0.25) is 4.79 Å². The number of carbonyl (C=O) groups excluding carboxylic acids is 1. The fourth-order valence-electron chi connectivity index (χ4n) is 3.47. The van der Waals surface area contributed by atoms with Crippen molar-refractivity contribution in [3.63, 3.8) is 0 Å². The van der Waals surface area contributed by atoms with Crippen molar-refractivity contribution in [2.45, 2.75) is 12.5 Å². The van der Waals surface area contributed by atoms with E-state index >= 15 is 0 Å². The summed E-state index contributed by atoms with van der Waals surface area (Å²) in [5, 5.41) is 10.6. The van der Waals surface area contributed by atoms with E-state index in [4.69, 9.17) is 9.47 Å². The van der Waals surface area contributed by atoms with Crippen LogP contribution in [0.25, 0.3) is 5.65 Å². The summed E-state index contributed by atoms with van der Waals surface area (Å²) < 4.78 is 43.6. The number of hydrogen-bond donors (Lipinski definition) is 2. The van der Waals surface area contributed by atoms with Gasteiger partial charge in [0.1, 0.15) is 17.2 Å². The molecule has 174 valence electrons. The van der Waals surface area contributed by atoms with Crippen molar-refractivity contribution in [1.29, 1.82) is 0 Å². The monoisotopic (exact) mass is 468 g/mol. The molecule has 0 fully saturated rings. The zero-order valence-electron chi connectivity index (χ0n) is 18.0.